The van der Waals surface area contributed by atoms with Crippen LogP contribution in [0, 0.1) is 11.8 Å². The lowest BCUT2D eigenvalue weighted by Crippen LogP contribution is -2.62. The zero-order valence-corrected chi connectivity index (χ0v) is 50.2. The van der Waals surface area contributed by atoms with Crippen molar-refractivity contribution in [2.75, 3.05) is 39.3 Å². The number of nitrogens with one attached hydrogen (secondary N) is 11. The van der Waals surface area contributed by atoms with Crippen molar-refractivity contribution in [3.8, 4) is 0 Å². The van der Waals surface area contributed by atoms with Crippen LogP contribution in [0.4, 0.5) is 0 Å². The van der Waals surface area contributed by atoms with Crippen molar-refractivity contribution >= 4 is 65.0 Å². The first-order valence-electron chi connectivity index (χ1n) is 29.5. The first-order chi connectivity index (χ1) is 40.3. The first kappa shape index (κ1) is 74.2. The summed E-state index contributed by atoms with van der Waals surface area (Å²) in [6, 6.07) is -6.23. The summed E-state index contributed by atoms with van der Waals surface area (Å²) in [5, 5.41) is 49.7. The van der Waals surface area contributed by atoms with Crippen LogP contribution in [-0.2, 0) is 59.2 Å². The van der Waals surface area contributed by atoms with Crippen LogP contribution in [0.3, 0.4) is 0 Å². The molecule has 0 saturated carbocycles. The molecule has 1 heterocycles. The van der Waals surface area contributed by atoms with Gasteiger partial charge < -0.3 is 97.4 Å². The van der Waals surface area contributed by atoms with Gasteiger partial charge in [0.25, 0.3) is 0 Å². The highest BCUT2D eigenvalue weighted by Gasteiger charge is 2.37. The molecule has 480 valence electrons. The highest BCUT2D eigenvalue weighted by atomic mass is 16.3. The number of amides is 11. The average Bonchev–Trinajstić information content (AvgIpc) is 3.67. The van der Waals surface area contributed by atoms with Crippen molar-refractivity contribution in [2.24, 2.45) is 40.5 Å². The fourth-order valence-corrected chi connectivity index (χ4v) is 9.12. The number of rotatable bonds is 29. The molecule has 29 heteroatoms. The van der Waals surface area contributed by atoms with Gasteiger partial charge in [-0.2, -0.15) is 0 Å². The second-order valence-electron chi connectivity index (χ2n) is 22.0. The van der Waals surface area contributed by atoms with Crippen molar-refractivity contribution in [2.45, 2.75) is 198 Å². The summed E-state index contributed by atoms with van der Waals surface area (Å²) in [7, 11) is 0. The van der Waals surface area contributed by atoms with Crippen molar-refractivity contribution in [3.63, 3.8) is 0 Å². The van der Waals surface area contributed by atoms with Crippen LogP contribution in [-0.4, -0.2) is 187 Å². The highest BCUT2D eigenvalue weighted by Crippen LogP contribution is 2.14. The smallest absolute Gasteiger partial charge is 0.245 e. The molecule has 13 atom stereocenters. The minimum atomic E-state index is -1.70. The second kappa shape index (κ2) is 39.7. The van der Waals surface area contributed by atoms with Crippen molar-refractivity contribution in [1.82, 2.24) is 58.5 Å². The Morgan fingerprint density at radius 2 is 1.06 bits per heavy atom. The van der Waals surface area contributed by atoms with Gasteiger partial charge in [0.1, 0.15) is 60.4 Å². The summed E-state index contributed by atoms with van der Waals surface area (Å²) in [6.45, 7) is 9.00. The molecule has 0 aliphatic carbocycles. The topological polar surface area (TPSA) is 491 Å². The van der Waals surface area contributed by atoms with E-state index in [2.05, 4.69) is 72.3 Å². The molecule has 0 spiro atoms. The van der Waals surface area contributed by atoms with Crippen LogP contribution in [0.2, 0.25) is 0 Å². The highest BCUT2D eigenvalue weighted by molar-refractivity contribution is 5.99. The summed E-state index contributed by atoms with van der Waals surface area (Å²) in [4.78, 5) is 154. The van der Waals surface area contributed by atoms with Gasteiger partial charge in [0.05, 0.1) is 12.2 Å². The zero-order chi connectivity index (χ0) is 63.8. The number of nitrogens with two attached hydrogens (primary N) is 5. The number of carbonyl (C=O) groups excluding carboxylic acids is 11. The third-order valence-corrected chi connectivity index (χ3v) is 14.3. The molecule has 2 rings (SSSR count). The summed E-state index contributed by atoms with van der Waals surface area (Å²) in [5.41, 5.74) is 29.9. The van der Waals surface area contributed by atoms with Crippen molar-refractivity contribution in [3.05, 3.63) is 35.9 Å². The number of carbonyl (C=O) groups is 11. The molecule has 29 nitrogen and oxygen atoms in total. The first-order valence-corrected chi connectivity index (χ1v) is 29.5. The largest absolute Gasteiger partial charge is 0.391 e. The van der Waals surface area contributed by atoms with Gasteiger partial charge in [0.15, 0.2) is 0 Å². The molecular formula is C56H98N16O13. The summed E-state index contributed by atoms with van der Waals surface area (Å²) in [6.07, 6.45) is -1.05. The standard InChI is InChI=1S/C56H98N16O13/c1-7-32(4)13-11-12-16-44(75)63-36(17-23-57)51(80)72-46(34(6)74)56(85)68-39(20-26-60)48(77)67-41-22-28-62-55(84)45(33(5)73)71-52(81)40(21-27-61)65-47(76)37(18-24-58)66-53(82)42(29-31(2)3)69-54(83)43(30-35-14-9-8-10-15-35)70-49(78)38(19-25-59)64-50(41)79/h8-10,14-15,31-34,36-43,45-46,73-74H,7,11-13,16-30,57-61H2,1-6H3,(H,62,84)(H,63,75)(H,64,79)(H,65,76)(H,66,82)(H,67,77)(H,68,85)(H,69,83)(H,70,78)(H,71,81)(H,72,80)/t32-,33-,34+,36+,37-,38+,39-,40-,41?,42+,43+,45+,46-/m0/s1. The van der Waals surface area contributed by atoms with Gasteiger partial charge in [0.2, 0.25) is 65.0 Å². The maximum atomic E-state index is 14.5. The van der Waals surface area contributed by atoms with Gasteiger partial charge in [-0.15, -0.1) is 0 Å². The van der Waals surface area contributed by atoms with Crippen LogP contribution in [0.25, 0.3) is 0 Å². The molecule has 0 radical (unpaired) electrons. The van der Waals surface area contributed by atoms with Gasteiger partial charge in [-0.3, -0.25) is 52.7 Å². The van der Waals surface area contributed by atoms with Crippen LogP contribution < -0.4 is 87.2 Å². The van der Waals surface area contributed by atoms with Crippen LogP contribution >= 0.6 is 0 Å². The number of hydrogen-bond donors (Lipinski definition) is 18. The van der Waals surface area contributed by atoms with Crippen molar-refractivity contribution < 1.29 is 63.0 Å². The molecule has 1 aliphatic rings. The van der Waals surface area contributed by atoms with Gasteiger partial charge in [-0.1, -0.05) is 77.3 Å². The number of aliphatic hydroxyl groups excluding tert-OH is 2. The van der Waals surface area contributed by atoms with Crippen LogP contribution in [0.15, 0.2) is 30.3 Å². The maximum absolute atomic E-state index is 14.5. The van der Waals surface area contributed by atoms with E-state index in [-0.39, 0.29) is 90.0 Å². The number of benzene rings is 1. The minimum Gasteiger partial charge on any atom is -0.391 e. The lowest BCUT2D eigenvalue weighted by atomic mass is 10.00. The Balaban J connectivity index is 2.67. The maximum Gasteiger partial charge on any atom is 0.245 e. The normalized spacial score (nSPS) is 22.9. The Hall–Kier alpha value is -6.89. The minimum absolute atomic E-state index is 0.0173. The lowest BCUT2D eigenvalue weighted by Gasteiger charge is -2.29. The van der Waals surface area contributed by atoms with Gasteiger partial charge in [-0.25, -0.2) is 0 Å². The van der Waals surface area contributed by atoms with E-state index in [9.17, 15) is 63.0 Å². The number of unbranched alkanes of at least 4 members (excludes halogenated alkanes) is 1. The molecule has 0 bridgehead atoms. The molecule has 1 aromatic rings. The van der Waals surface area contributed by atoms with E-state index in [4.69, 9.17) is 28.7 Å². The average molecular weight is 1200 g/mol. The van der Waals surface area contributed by atoms with Crippen LogP contribution in [0.1, 0.15) is 124 Å². The Bertz CT molecular complexity index is 2320. The lowest BCUT2D eigenvalue weighted by molar-refractivity contribution is -0.137. The predicted molar refractivity (Wildman–Crippen MR) is 316 cm³/mol. The molecule has 85 heavy (non-hydrogen) atoms. The van der Waals surface area contributed by atoms with Gasteiger partial charge in [-0.05, 0) is 115 Å². The number of hydrogen-bond acceptors (Lipinski definition) is 18. The zero-order valence-electron chi connectivity index (χ0n) is 50.2. The third kappa shape index (κ3) is 26.9. The quantitative estimate of drug-likeness (QED) is 0.0333. The summed E-state index contributed by atoms with van der Waals surface area (Å²) < 4.78 is 0. The monoisotopic (exact) mass is 1200 g/mol. The van der Waals surface area contributed by atoms with E-state index in [0.717, 1.165) is 19.3 Å². The second-order valence-corrected chi connectivity index (χ2v) is 22.0. The van der Waals surface area contributed by atoms with Gasteiger partial charge >= 0.3 is 0 Å². The van der Waals surface area contributed by atoms with Crippen molar-refractivity contribution in [1.29, 1.82) is 0 Å². The molecule has 23 N–H and O–H groups in total. The molecule has 1 aliphatic heterocycles. The molecule has 1 unspecified atom stereocenters. The number of aliphatic hydroxyl groups is 2. The summed E-state index contributed by atoms with van der Waals surface area (Å²) in [5.74, 6) is -9.45. The van der Waals surface area contributed by atoms with E-state index < -0.39 is 151 Å². The molecule has 11 amide bonds. The molecular weight excluding hydrogens is 1100 g/mol. The fourth-order valence-electron chi connectivity index (χ4n) is 9.12. The molecule has 0 aromatic heterocycles. The fraction of sp³-hybridized carbons (Fsp3) is 0.696. The Morgan fingerprint density at radius 1 is 0.565 bits per heavy atom. The Kier molecular flexibility index (Phi) is 34.6. The summed E-state index contributed by atoms with van der Waals surface area (Å²) >= 11 is 0. The Labute approximate surface area is 498 Å². The van der Waals surface area contributed by atoms with Gasteiger partial charge in [0, 0.05) is 19.4 Å². The van der Waals surface area contributed by atoms with Crippen LogP contribution in [0.5, 0.6) is 0 Å². The van der Waals surface area contributed by atoms with E-state index in [1.807, 2.05) is 0 Å². The molecule has 1 aromatic carbocycles. The third-order valence-electron chi connectivity index (χ3n) is 14.3. The SMILES string of the molecule is CC[C@H](C)CCCCC(=O)N[C@H](CCN)C(=O)N[C@H](C(=O)N[C@@H](CCN)C(=O)NC1CCNC(=O)[C@@H]([C@H](C)O)NC(=O)[C@H](CCN)NC(=O)[C@H](CCN)NC(=O)[C@@H](CC(C)C)NC(=O)[C@@H](Cc2ccccc2)NC(=O)[C@@H](CCN)NC1=O)[C@@H](C)O. The van der Waals surface area contributed by atoms with E-state index in [1.54, 1.807) is 44.2 Å². The molecule has 1 fully saturated rings. The Morgan fingerprint density at radius 3 is 1.56 bits per heavy atom. The molecule has 1 saturated heterocycles. The van der Waals surface area contributed by atoms with E-state index >= 15 is 0 Å². The predicted octanol–water partition coefficient (Wildman–Crippen LogP) is -5.24. The van der Waals surface area contributed by atoms with E-state index in [0.29, 0.717) is 17.9 Å². The van der Waals surface area contributed by atoms with E-state index in [1.165, 1.54) is 13.8 Å².